The Hall–Kier alpha value is -0.640. The van der Waals surface area contributed by atoms with Gasteiger partial charge in [-0.1, -0.05) is 50.0 Å². The van der Waals surface area contributed by atoms with E-state index in [1.165, 1.54) is 32.1 Å². The highest BCUT2D eigenvalue weighted by Gasteiger charge is 2.45. The van der Waals surface area contributed by atoms with Crippen molar-refractivity contribution in [2.24, 2.45) is 23.7 Å². The van der Waals surface area contributed by atoms with E-state index in [0.717, 1.165) is 25.7 Å². The third-order valence-corrected chi connectivity index (χ3v) is 6.25. The lowest BCUT2D eigenvalue weighted by molar-refractivity contribution is 0.135. The van der Waals surface area contributed by atoms with E-state index >= 15 is 0 Å². The number of rotatable bonds is 5. The number of aliphatic hydroxyl groups excluding tert-OH is 2. The Kier molecular flexibility index (Phi) is 8.68. The molecule has 3 aliphatic rings. The van der Waals surface area contributed by atoms with E-state index in [1.54, 1.807) is 5.57 Å². The summed E-state index contributed by atoms with van der Waals surface area (Å²) in [4.78, 5) is 0. The molecule has 144 valence electrons. The molecule has 3 saturated carbocycles. The topological polar surface area (TPSA) is 52.5 Å². The molecule has 3 aliphatic carbocycles. The summed E-state index contributed by atoms with van der Waals surface area (Å²) in [5, 5.41) is 23.5. The van der Waals surface area contributed by atoms with Gasteiger partial charge in [-0.25, -0.2) is 0 Å². The van der Waals surface area contributed by atoms with E-state index in [4.69, 9.17) is 0 Å². The SMILES string of the molecule is CCCC=C1C[C@H]2C[C@@H](O)[C@H](C=C[C@@H](O)C3CCCC3)[C@H]2C1.CNC. The van der Waals surface area contributed by atoms with Crippen molar-refractivity contribution < 1.29 is 10.2 Å². The van der Waals surface area contributed by atoms with Crippen molar-refractivity contribution in [3.05, 3.63) is 23.8 Å². The first kappa shape index (κ1) is 20.7. The fraction of sp³-hybridized carbons (Fsp3) is 0.818. The van der Waals surface area contributed by atoms with Gasteiger partial charge in [0.1, 0.15) is 0 Å². The average Bonchev–Trinajstić information content (AvgIpc) is 3.28. The quantitative estimate of drug-likeness (QED) is 0.656. The van der Waals surface area contributed by atoms with Crippen molar-refractivity contribution in [2.45, 2.75) is 76.9 Å². The third-order valence-electron chi connectivity index (χ3n) is 6.25. The predicted molar refractivity (Wildman–Crippen MR) is 105 cm³/mol. The summed E-state index contributed by atoms with van der Waals surface area (Å²) in [7, 11) is 3.75. The second-order valence-corrected chi connectivity index (χ2v) is 8.28. The molecule has 0 unspecified atom stereocenters. The average molecular weight is 350 g/mol. The van der Waals surface area contributed by atoms with E-state index in [-0.39, 0.29) is 18.1 Å². The lowest BCUT2D eigenvalue weighted by atomic mass is 9.89. The van der Waals surface area contributed by atoms with Gasteiger partial charge in [0.15, 0.2) is 0 Å². The van der Waals surface area contributed by atoms with Gasteiger partial charge in [0, 0.05) is 5.92 Å². The Morgan fingerprint density at radius 3 is 2.52 bits per heavy atom. The Bertz CT molecular complexity index is 439. The predicted octanol–water partition coefficient (Wildman–Crippen LogP) is 4.06. The van der Waals surface area contributed by atoms with Crippen LogP contribution in [0, 0.1) is 23.7 Å². The number of unbranched alkanes of at least 4 members (excludes halogenated alkanes) is 1. The molecule has 3 rings (SSSR count). The van der Waals surface area contributed by atoms with Crippen LogP contribution in [0.3, 0.4) is 0 Å². The maximum Gasteiger partial charge on any atom is 0.0749 e. The molecule has 3 fully saturated rings. The standard InChI is InChI=1S/C20H32O2.C2H7N/c1-2-3-6-14-11-16-13-20(22)17(18(16)12-14)9-10-19(21)15-7-4-5-8-15;1-3-2/h6,9-10,15-22H,2-5,7-8,11-13H2,1H3;3H,1-2H3/t16-,17+,18-,19+,20+;/m0./s1. The molecule has 25 heavy (non-hydrogen) atoms. The molecule has 0 aromatic rings. The largest absolute Gasteiger partial charge is 0.392 e. The van der Waals surface area contributed by atoms with Crippen molar-refractivity contribution in [2.75, 3.05) is 14.1 Å². The molecule has 5 atom stereocenters. The Balaban J connectivity index is 0.000000701. The summed E-state index contributed by atoms with van der Waals surface area (Å²) in [6, 6.07) is 0. The molecule has 3 N–H and O–H groups in total. The van der Waals surface area contributed by atoms with Crippen LogP contribution >= 0.6 is 0 Å². The molecule has 0 aromatic carbocycles. The summed E-state index contributed by atoms with van der Waals surface area (Å²) in [5.74, 6) is 1.98. The smallest absolute Gasteiger partial charge is 0.0749 e. The van der Waals surface area contributed by atoms with Crippen LogP contribution in [-0.2, 0) is 0 Å². The fourth-order valence-electron chi connectivity index (χ4n) is 4.99. The molecule has 0 aromatic heterocycles. The van der Waals surface area contributed by atoms with E-state index in [0.29, 0.717) is 17.8 Å². The first-order chi connectivity index (χ1) is 12.1. The van der Waals surface area contributed by atoms with Crippen LogP contribution in [0.25, 0.3) is 0 Å². The summed E-state index contributed by atoms with van der Waals surface area (Å²) in [5.41, 5.74) is 1.61. The van der Waals surface area contributed by atoms with Gasteiger partial charge < -0.3 is 15.5 Å². The van der Waals surface area contributed by atoms with Crippen LogP contribution in [0.2, 0.25) is 0 Å². The number of hydrogen-bond donors (Lipinski definition) is 3. The minimum absolute atomic E-state index is 0.199. The van der Waals surface area contributed by atoms with Crippen molar-refractivity contribution in [3.63, 3.8) is 0 Å². The Morgan fingerprint density at radius 2 is 1.88 bits per heavy atom. The van der Waals surface area contributed by atoms with Crippen LogP contribution in [0.5, 0.6) is 0 Å². The molecule has 3 nitrogen and oxygen atoms in total. The number of fused-ring (bicyclic) bond motifs is 1. The van der Waals surface area contributed by atoms with Crippen LogP contribution in [0.1, 0.15) is 64.7 Å². The molecular formula is C22H39NO2. The summed E-state index contributed by atoms with van der Waals surface area (Å²) < 4.78 is 0. The van der Waals surface area contributed by atoms with Crippen LogP contribution in [0.15, 0.2) is 23.8 Å². The molecule has 0 amide bonds. The lowest BCUT2D eigenvalue weighted by Crippen LogP contribution is -2.19. The van der Waals surface area contributed by atoms with E-state index in [9.17, 15) is 10.2 Å². The normalized spacial score (nSPS) is 35.2. The monoisotopic (exact) mass is 349 g/mol. The molecule has 0 spiro atoms. The minimum atomic E-state index is -0.301. The van der Waals surface area contributed by atoms with Gasteiger partial charge >= 0.3 is 0 Å². The molecule has 3 heteroatoms. The van der Waals surface area contributed by atoms with Gasteiger partial charge in [0.25, 0.3) is 0 Å². The number of allylic oxidation sites excluding steroid dienone is 2. The molecular weight excluding hydrogens is 310 g/mol. The first-order valence-electron chi connectivity index (χ1n) is 10.4. The number of aliphatic hydroxyl groups is 2. The second-order valence-electron chi connectivity index (χ2n) is 8.28. The highest BCUT2D eigenvalue weighted by Crippen LogP contribution is 2.50. The second kappa shape index (κ2) is 10.5. The maximum atomic E-state index is 10.4. The Morgan fingerprint density at radius 1 is 1.20 bits per heavy atom. The Labute approximate surface area is 154 Å². The first-order valence-corrected chi connectivity index (χ1v) is 10.4. The summed E-state index contributed by atoms with van der Waals surface area (Å²) in [6.07, 6.45) is 16.6. The van der Waals surface area contributed by atoms with Gasteiger partial charge in [-0.3, -0.25) is 0 Å². The zero-order chi connectivity index (χ0) is 18.2. The highest BCUT2D eigenvalue weighted by atomic mass is 16.3. The molecule has 0 heterocycles. The van der Waals surface area contributed by atoms with Crippen molar-refractivity contribution in [3.8, 4) is 0 Å². The van der Waals surface area contributed by atoms with Crippen molar-refractivity contribution >= 4 is 0 Å². The zero-order valence-corrected chi connectivity index (χ0v) is 16.5. The number of hydrogen-bond acceptors (Lipinski definition) is 3. The van der Waals surface area contributed by atoms with E-state index < -0.39 is 0 Å². The highest BCUT2D eigenvalue weighted by molar-refractivity contribution is 5.18. The van der Waals surface area contributed by atoms with Crippen molar-refractivity contribution in [1.82, 2.24) is 5.32 Å². The van der Waals surface area contributed by atoms with Gasteiger partial charge in [-0.15, -0.1) is 0 Å². The lowest BCUT2D eigenvalue weighted by Gasteiger charge is -2.19. The van der Waals surface area contributed by atoms with Crippen LogP contribution in [0.4, 0.5) is 0 Å². The molecule has 0 radical (unpaired) electrons. The molecule has 0 saturated heterocycles. The van der Waals surface area contributed by atoms with Gasteiger partial charge in [0.05, 0.1) is 12.2 Å². The zero-order valence-electron chi connectivity index (χ0n) is 16.5. The van der Waals surface area contributed by atoms with Gasteiger partial charge in [-0.05, 0) is 70.4 Å². The summed E-state index contributed by atoms with van der Waals surface area (Å²) >= 11 is 0. The third kappa shape index (κ3) is 5.67. The van der Waals surface area contributed by atoms with Crippen LogP contribution in [-0.4, -0.2) is 36.5 Å². The maximum absolute atomic E-state index is 10.4. The van der Waals surface area contributed by atoms with Gasteiger partial charge in [0.2, 0.25) is 0 Å². The minimum Gasteiger partial charge on any atom is -0.392 e. The number of nitrogens with one attached hydrogen (secondary N) is 1. The van der Waals surface area contributed by atoms with E-state index in [1.807, 2.05) is 20.2 Å². The molecule has 0 aliphatic heterocycles. The van der Waals surface area contributed by atoms with Gasteiger partial charge in [-0.2, -0.15) is 0 Å². The van der Waals surface area contributed by atoms with Crippen LogP contribution < -0.4 is 5.32 Å². The van der Waals surface area contributed by atoms with Crippen molar-refractivity contribution in [1.29, 1.82) is 0 Å². The summed E-state index contributed by atoms with van der Waals surface area (Å²) in [6.45, 7) is 2.23. The fourth-order valence-corrected chi connectivity index (χ4v) is 4.99. The van der Waals surface area contributed by atoms with E-state index in [2.05, 4.69) is 24.4 Å². The molecule has 0 bridgehead atoms.